The van der Waals surface area contributed by atoms with Gasteiger partial charge in [-0.1, -0.05) is 24.3 Å². The number of benzene rings is 2. The molecule has 0 spiro atoms. The summed E-state index contributed by atoms with van der Waals surface area (Å²) in [6.07, 6.45) is 0.737. The molecular formula is C16H18O9PS2+. The molecule has 0 unspecified atom stereocenters. The van der Waals surface area contributed by atoms with Crippen molar-refractivity contribution in [2.45, 2.75) is 22.6 Å². The highest BCUT2D eigenvalue weighted by Crippen LogP contribution is 2.24. The first-order chi connectivity index (χ1) is 13.1. The fraction of sp³-hybridized carbons (Fsp3) is 0.250. The summed E-state index contributed by atoms with van der Waals surface area (Å²) in [6, 6.07) is 11.1. The fourth-order valence-corrected chi connectivity index (χ4v) is 3.68. The average molecular weight is 449 g/mol. The van der Waals surface area contributed by atoms with Crippen molar-refractivity contribution >= 4 is 28.5 Å². The van der Waals surface area contributed by atoms with E-state index in [1.807, 2.05) is 0 Å². The van der Waals surface area contributed by atoms with E-state index >= 15 is 0 Å². The van der Waals surface area contributed by atoms with Crippen LogP contribution in [-0.2, 0) is 46.7 Å². The second kappa shape index (κ2) is 9.66. The van der Waals surface area contributed by atoms with Gasteiger partial charge in [0, 0.05) is 17.4 Å². The lowest BCUT2D eigenvalue weighted by Crippen LogP contribution is -2.00. The molecule has 0 heterocycles. The van der Waals surface area contributed by atoms with Crippen molar-refractivity contribution in [2.24, 2.45) is 0 Å². The molecule has 0 radical (unpaired) electrons. The number of hydrogen-bond acceptors (Lipinski definition) is 7. The first-order valence-corrected chi connectivity index (χ1v) is 11.9. The van der Waals surface area contributed by atoms with Gasteiger partial charge in [-0.15, -0.1) is 9.05 Å². The van der Waals surface area contributed by atoms with E-state index in [9.17, 15) is 21.4 Å². The van der Waals surface area contributed by atoms with E-state index in [-0.39, 0.29) is 23.0 Å². The van der Waals surface area contributed by atoms with Crippen molar-refractivity contribution in [3.8, 4) is 0 Å². The predicted octanol–water partition coefficient (Wildman–Crippen LogP) is 2.66. The molecule has 0 aliphatic rings. The molecule has 0 aliphatic carbocycles. The maximum absolute atomic E-state index is 11.7. The van der Waals surface area contributed by atoms with Crippen molar-refractivity contribution in [2.75, 3.05) is 13.2 Å². The summed E-state index contributed by atoms with van der Waals surface area (Å²) >= 11 is 0. The molecule has 28 heavy (non-hydrogen) atoms. The molecular weight excluding hydrogens is 431 g/mol. The monoisotopic (exact) mass is 449 g/mol. The first-order valence-electron chi connectivity index (χ1n) is 7.91. The van der Waals surface area contributed by atoms with E-state index in [0.29, 0.717) is 12.8 Å². The molecule has 9 nitrogen and oxygen atoms in total. The zero-order valence-corrected chi connectivity index (χ0v) is 17.0. The standard InChI is InChI=1S/C16H17O9PS2/c17-26(24-11-9-13-1-5-15(6-2-13)27(18,19)20)25-12-10-14-3-7-16(8-4-14)28(21,22)23/h1-8H,9-12H2,(H-,18,19,20,21,22,23)/p+1. The molecule has 2 rings (SSSR count). The topological polar surface area (TPSA) is 144 Å². The molecule has 0 amide bonds. The Kier molecular flexibility index (Phi) is 7.79. The van der Waals surface area contributed by atoms with Gasteiger partial charge in [0.2, 0.25) is 0 Å². The largest absolute Gasteiger partial charge is 0.697 e. The lowest BCUT2D eigenvalue weighted by Gasteiger charge is -2.01. The molecule has 0 fully saturated rings. The SMILES string of the molecule is O=[P+](OCCc1ccc(S(=O)(=O)O)cc1)OCCc1ccc(S(=O)(=O)O)cc1. The highest BCUT2D eigenvalue weighted by molar-refractivity contribution is 7.86. The van der Waals surface area contributed by atoms with Crippen molar-refractivity contribution in [3.63, 3.8) is 0 Å². The van der Waals surface area contributed by atoms with Crippen LogP contribution in [0.25, 0.3) is 0 Å². The van der Waals surface area contributed by atoms with Crippen LogP contribution in [-0.4, -0.2) is 39.2 Å². The van der Waals surface area contributed by atoms with E-state index in [1.54, 1.807) is 0 Å². The van der Waals surface area contributed by atoms with Crippen LogP contribution in [0.5, 0.6) is 0 Å². The van der Waals surface area contributed by atoms with Crippen LogP contribution in [0.2, 0.25) is 0 Å². The third-order valence-electron chi connectivity index (χ3n) is 3.62. The zero-order valence-electron chi connectivity index (χ0n) is 14.5. The Bertz CT molecular complexity index is 931. The van der Waals surface area contributed by atoms with Crippen LogP contribution in [0.4, 0.5) is 0 Å². The Hall–Kier alpha value is -1.72. The second-order valence-corrected chi connectivity index (χ2v) is 9.43. The lowest BCUT2D eigenvalue weighted by atomic mass is 10.2. The van der Waals surface area contributed by atoms with Gasteiger partial charge in [-0.05, 0) is 35.4 Å². The van der Waals surface area contributed by atoms with Crippen molar-refractivity contribution in [1.29, 1.82) is 0 Å². The Morgan fingerprint density at radius 2 is 1.00 bits per heavy atom. The first kappa shape index (κ1) is 22.6. The Labute approximate surface area is 163 Å². The van der Waals surface area contributed by atoms with Crippen LogP contribution >= 0.6 is 8.25 Å². The lowest BCUT2D eigenvalue weighted by molar-refractivity contribution is 0.229. The maximum atomic E-state index is 11.7. The molecule has 12 heteroatoms. The normalized spacial score (nSPS) is 12.1. The summed E-state index contributed by atoms with van der Waals surface area (Å²) in [5.41, 5.74) is 1.46. The number of rotatable bonds is 10. The minimum Gasteiger partial charge on any atom is -0.282 e. The summed E-state index contributed by atoms with van der Waals surface area (Å²) in [6.45, 7) is 0.174. The Morgan fingerprint density at radius 1 is 0.679 bits per heavy atom. The minimum atomic E-state index is -4.24. The van der Waals surface area contributed by atoms with Crippen molar-refractivity contribution in [1.82, 2.24) is 0 Å². The van der Waals surface area contributed by atoms with Gasteiger partial charge in [0.15, 0.2) is 0 Å². The molecule has 0 saturated heterocycles. The summed E-state index contributed by atoms with van der Waals surface area (Å²) in [5, 5.41) is 0. The van der Waals surface area contributed by atoms with E-state index in [2.05, 4.69) is 0 Å². The van der Waals surface area contributed by atoms with Gasteiger partial charge in [0.1, 0.15) is 13.2 Å². The van der Waals surface area contributed by atoms with Gasteiger partial charge in [-0.3, -0.25) is 9.11 Å². The highest BCUT2D eigenvalue weighted by Gasteiger charge is 2.20. The quantitative estimate of drug-likeness (QED) is 0.413. The van der Waals surface area contributed by atoms with Gasteiger partial charge < -0.3 is 0 Å². The van der Waals surface area contributed by atoms with Gasteiger partial charge in [-0.2, -0.15) is 16.8 Å². The summed E-state index contributed by atoms with van der Waals surface area (Å²) in [7, 11) is -10.8. The molecule has 0 atom stereocenters. The van der Waals surface area contributed by atoms with Crippen LogP contribution in [0.1, 0.15) is 11.1 Å². The molecule has 2 aromatic carbocycles. The molecule has 0 aliphatic heterocycles. The smallest absolute Gasteiger partial charge is 0.282 e. The maximum Gasteiger partial charge on any atom is 0.697 e. The van der Waals surface area contributed by atoms with E-state index in [4.69, 9.17) is 18.2 Å². The summed E-state index contributed by atoms with van der Waals surface area (Å²) in [4.78, 5) is -0.424. The molecule has 0 aromatic heterocycles. The molecule has 2 aromatic rings. The minimum absolute atomic E-state index is 0.0868. The number of hydrogen-bond donors (Lipinski definition) is 2. The highest BCUT2D eigenvalue weighted by atomic mass is 32.2. The van der Waals surface area contributed by atoms with Gasteiger partial charge in [0.25, 0.3) is 20.2 Å². The van der Waals surface area contributed by atoms with Crippen molar-refractivity contribution < 1.29 is 39.6 Å². The second-order valence-electron chi connectivity index (χ2n) is 5.63. The summed E-state index contributed by atoms with van der Waals surface area (Å²) in [5.74, 6) is 0. The van der Waals surface area contributed by atoms with Gasteiger partial charge in [0.05, 0.1) is 9.79 Å². The third kappa shape index (κ3) is 7.36. The zero-order chi connectivity index (χ0) is 20.8. The van der Waals surface area contributed by atoms with E-state index in [1.165, 1.54) is 48.5 Å². The third-order valence-corrected chi connectivity index (χ3v) is 6.14. The Morgan fingerprint density at radius 3 is 1.29 bits per heavy atom. The van der Waals surface area contributed by atoms with Crippen LogP contribution < -0.4 is 0 Å². The predicted molar refractivity (Wildman–Crippen MR) is 99.4 cm³/mol. The van der Waals surface area contributed by atoms with Gasteiger partial charge in [-0.25, -0.2) is 0 Å². The van der Waals surface area contributed by atoms with Crippen LogP contribution in [0.15, 0.2) is 58.3 Å². The van der Waals surface area contributed by atoms with Crippen molar-refractivity contribution in [3.05, 3.63) is 59.7 Å². The molecule has 0 saturated carbocycles. The summed E-state index contributed by atoms with van der Waals surface area (Å²) < 4.78 is 83.4. The van der Waals surface area contributed by atoms with E-state index in [0.717, 1.165) is 11.1 Å². The van der Waals surface area contributed by atoms with Gasteiger partial charge >= 0.3 is 8.25 Å². The fourth-order valence-electron chi connectivity index (χ4n) is 2.17. The molecule has 152 valence electrons. The molecule has 0 bridgehead atoms. The van der Waals surface area contributed by atoms with Crippen LogP contribution in [0, 0.1) is 0 Å². The average Bonchev–Trinajstić information content (AvgIpc) is 2.61. The van der Waals surface area contributed by atoms with Crippen LogP contribution in [0.3, 0.4) is 0 Å². The Balaban J connectivity index is 1.70. The van der Waals surface area contributed by atoms with E-state index < -0.39 is 28.5 Å². The molecule has 2 N–H and O–H groups in total.